The van der Waals surface area contributed by atoms with Crippen molar-refractivity contribution in [3.63, 3.8) is 0 Å². The van der Waals surface area contributed by atoms with Crippen molar-refractivity contribution in [2.45, 2.75) is 6.82 Å². The maximum absolute atomic E-state index is 9.20. The zero-order valence-corrected chi connectivity index (χ0v) is 9.25. The fourth-order valence-electron chi connectivity index (χ4n) is 0.930. The van der Waals surface area contributed by atoms with Crippen LogP contribution in [0, 0.1) is 0 Å². The van der Waals surface area contributed by atoms with Gasteiger partial charge >= 0.3 is 7.05 Å². The van der Waals surface area contributed by atoms with E-state index >= 15 is 0 Å². The van der Waals surface area contributed by atoms with Crippen LogP contribution in [-0.2, 0) is 0 Å². The second-order valence-corrected chi connectivity index (χ2v) is 3.52. The molecule has 0 rings (SSSR count). The maximum atomic E-state index is 9.20. The van der Waals surface area contributed by atoms with Crippen molar-refractivity contribution in [2.75, 3.05) is 47.3 Å². The molecule has 2 N–H and O–H groups in total. The quantitative estimate of drug-likeness (QED) is 0.511. The van der Waals surface area contributed by atoms with E-state index in [-0.39, 0.29) is 7.05 Å². The predicted molar refractivity (Wildman–Crippen MR) is 57.9 cm³/mol. The molecule has 0 saturated carbocycles. The smallest absolute Gasteiger partial charge is 0.376 e. The van der Waals surface area contributed by atoms with E-state index < -0.39 is 0 Å². The molecule has 0 aliphatic rings. The predicted octanol–water partition coefficient (Wildman–Crippen LogP) is -0.820. The Morgan fingerprint density at radius 1 is 1.23 bits per heavy atom. The molecule has 0 amide bonds. The highest BCUT2D eigenvalue weighted by atomic mass is 16.2. The molecule has 5 heteroatoms. The Kier molecular flexibility index (Phi) is 7.27. The number of likely N-dealkylation sites (N-methyl/N-ethyl adjacent to an activating group) is 3. The SMILES string of the molecule is CNCCN(C)CCN(C)B(C)O. The number of hydrogen-bond acceptors (Lipinski definition) is 4. The van der Waals surface area contributed by atoms with Crippen LogP contribution in [0.25, 0.3) is 0 Å². The highest BCUT2D eigenvalue weighted by Crippen LogP contribution is 1.88. The molecule has 0 aromatic heterocycles. The molecular weight excluding hydrogens is 165 g/mol. The van der Waals surface area contributed by atoms with Crippen LogP contribution in [0.4, 0.5) is 0 Å². The molecule has 0 saturated heterocycles. The zero-order valence-electron chi connectivity index (χ0n) is 9.25. The molecular formula is C8H22BN3O. The van der Waals surface area contributed by atoms with Crippen LogP contribution in [0.15, 0.2) is 0 Å². The summed E-state index contributed by atoms with van der Waals surface area (Å²) in [6, 6.07) is 0. The van der Waals surface area contributed by atoms with Crippen molar-refractivity contribution in [2.24, 2.45) is 0 Å². The lowest BCUT2D eigenvalue weighted by atomic mass is 9.86. The molecule has 0 aliphatic carbocycles. The third kappa shape index (κ3) is 7.01. The van der Waals surface area contributed by atoms with Crippen molar-refractivity contribution in [1.82, 2.24) is 15.0 Å². The molecule has 4 nitrogen and oxygen atoms in total. The summed E-state index contributed by atoms with van der Waals surface area (Å²) in [4.78, 5) is 4.17. The molecule has 0 heterocycles. The Balaban J connectivity index is 3.40. The van der Waals surface area contributed by atoms with E-state index in [9.17, 15) is 5.02 Å². The summed E-state index contributed by atoms with van der Waals surface area (Å²) in [5.41, 5.74) is 0. The average molecular weight is 187 g/mol. The van der Waals surface area contributed by atoms with Crippen LogP contribution >= 0.6 is 0 Å². The molecule has 0 atom stereocenters. The minimum Gasteiger partial charge on any atom is -0.437 e. The van der Waals surface area contributed by atoms with Gasteiger partial charge in [-0.25, -0.2) is 0 Å². The lowest BCUT2D eigenvalue weighted by molar-refractivity contribution is 0.297. The fourth-order valence-corrected chi connectivity index (χ4v) is 0.930. The van der Waals surface area contributed by atoms with Crippen molar-refractivity contribution < 1.29 is 5.02 Å². The van der Waals surface area contributed by atoms with Gasteiger partial charge in [-0.15, -0.1) is 0 Å². The third-order valence-electron chi connectivity index (χ3n) is 2.22. The molecule has 0 radical (unpaired) electrons. The first-order chi connectivity index (χ1) is 6.07. The standard InChI is InChI=1S/C8H22BN3O/c1-9(13)12(4)8-7-11(3)6-5-10-2/h10,13H,5-8H2,1-4H3. The van der Waals surface area contributed by atoms with E-state index in [2.05, 4.69) is 17.3 Å². The summed E-state index contributed by atoms with van der Waals surface area (Å²) in [5.74, 6) is 0. The van der Waals surface area contributed by atoms with Gasteiger partial charge in [-0.2, -0.15) is 0 Å². The third-order valence-corrected chi connectivity index (χ3v) is 2.22. The Morgan fingerprint density at radius 2 is 1.85 bits per heavy atom. The van der Waals surface area contributed by atoms with E-state index in [1.165, 1.54) is 0 Å². The van der Waals surface area contributed by atoms with E-state index in [1.807, 2.05) is 18.9 Å². The minimum atomic E-state index is -0.349. The highest BCUT2D eigenvalue weighted by molar-refractivity contribution is 6.45. The topological polar surface area (TPSA) is 38.7 Å². The Morgan fingerprint density at radius 3 is 2.31 bits per heavy atom. The first-order valence-electron chi connectivity index (χ1n) is 4.79. The molecule has 0 unspecified atom stereocenters. The van der Waals surface area contributed by atoms with Crippen molar-refractivity contribution in [3.8, 4) is 0 Å². The van der Waals surface area contributed by atoms with Gasteiger partial charge in [0, 0.05) is 26.2 Å². The molecule has 0 aromatic carbocycles. The van der Waals surface area contributed by atoms with Gasteiger partial charge in [0.1, 0.15) is 0 Å². The summed E-state index contributed by atoms with van der Waals surface area (Å²) >= 11 is 0. The first kappa shape index (κ1) is 12.9. The van der Waals surface area contributed by atoms with Gasteiger partial charge in [0.25, 0.3) is 0 Å². The number of nitrogens with zero attached hydrogens (tertiary/aromatic N) is 2. The lowest BCUT2D eigenvalue weighted by Gasteiger charge is -2.22. The van der Waals surface area contributed by atoms with Crippen LogP contribution in [0.1, 0.15) is 0 Å². The summed E-state index contributed by atoms with van der Waals surface area (Å²) < 4.78 is 0. The first-order valence-corrected chi connectivity index (χ1v) is 4.79. The number of hydrogen-bond donors (Lipinski definition) is 2. The van der Waals surface area contributed by atoms with E-state index in [1.54, 1.807) is 6.82 Å². The molecule has 13 heavy (non-hydrogen) atoms. The van der Waals surface area contributed by atoms with Gasteiger partial charge in [0.15, 0.2) is 0 Å². The Hall–Kier alpha value is -0.0951. The van der Waals surface area contributed by atoms with E-state index in [0.717, 1.165) is 26.2 Å². The van der Waals surface area contributed by atoms with Crippen molar-refractivity contribution in [3.05, 3.63) is 0 Å². The van der Waals surface area contributed by atoms with Gasteiger partial charge in [0.2, 0.25) is 0 Å². The van der Waals surface area contributed by atoms with E-state index in [0.29, 0.717) is 0 Å². The fraction of sp³-hybridized carbons (Fsp3) is 1.00. The van der Waals surface area contributed by atoms with Gasteiger partial charge in [-0.1, -0.05) is 0 Å². The van der Waals surface area contributed by atoms with E-state index in [4.69, 9.17) is 0 Å². The summed E-state index contributed by atoms with van der Waals surface area (Å²) in [5, 5.41) is 12.3. The van der Waals surface area contributed by atoms with Crippen LogP contribution in [0.2, 0.25) is 6.82 Å². The van der Waals surface area contributed by atoms with Crippen molar-refractivity contribution >= 4 is 7.05 Å². The highest BCUT2D eigenvalue weighted by Gasteiger charge is 2.10. The van der Waals surface area contributed by atoms with Gasteiger partial charge < -0.3 is 20.1 Å². The molecule has 0 aromatic rings. The normalized spacial score (nSPS) is 11.3. The average Bonchev–Trinajstić information content (AvgIpc) is 2.10. The molecule has 0 fully saturated rings. The minimum absolute atomic E-state index is 0.349. The Labute approximate surface area is 82.0 Å². The summed E-state index contributed by atoms with van der Waals surface area (Å²) in [7, 11) is 5.62. The van der Waals surface area contributed by atoms with Crippen molar-refractivity contribution in [1.29, 1.82) is 0 Å². The van der Waals surface area contributed by atoms with Gasteiger partial charge in [0.05, 0.1) is 0 Å². The monoisotopic (exact) mass is 187 g/mol. The molecule has 0 bridgehead atoms. The zero-order chi connectivity index (χ0) is 10.3. The summed E-state index contributed by atoms with van der Waals surface area (Å²) in [6.07, 6.45) is 0. The summed E-state index contributed by atoms with van der Waals surface area (Å²) in [6.45, 7) is 5.73. The number of rotatable bonds is 7. The second kappa shape index (κ2) is 7.32. The van der Waals surface area contributed by atoms with Crippen LogP contribution in [0.3, 0.4) is 0 Å². The van der Waals surface area contributed by atoms with Gasteiger partial charge in [-0.3, -0.25) is 0 Å². The van der Waals surface area contributed by atoms with Crippen LogP contribution in [-0.4, -0.2) is 69.1 Å². The lowest BCUT2D eigenvalue weighted by Crippen LogP contribution is -2.40. The second-order valence-electron chi connectivity index (χ2n) is 3.52. The van der Waals surface area contributed by atoms with Gasteiger partial charge in [-0.05, 0) is 28.0 Å². The largest absolute Gasteiger partial charge is 0.437 e. The maximum Gasteiger partial charge on any atom is 0.376 e. The number of nitrogens with one attached hydrogen (secondary N) is 1. The molecule has 0 spiro atoms. The molecule has 78 valence electrons. The van der Waals surface area contributed by atoms with Crippen LogP contribution < -0.4 is 5.32 Å². The van der Waals surface area contributed by atoms with Crippen LogP contribution in [0.5, 0.6) is 0 Å². The Bertz CT molecular complexity index is 124. The molecule has 0 aliphatic heterocycles.